The molecule has 1 aromatic carbocycles. The Kier molecular flexibility index (Phi) is 7.26. The molecule has 8 atom stereocenters. The average Bonchev–Trinajstić information content (AvgIpc) is 3.50. The molecule has 0 amide bonds. The lowest BCUT2D eigenvalue weighted by Crippen LogP contribution is -2.76. The lowest BCUT2D eigenvalue weighted by Gasteiger charge is -2.62. The van der Waals surface area contributed by atoms with Crippen LogP contribution < -0.4 is 0 Å². The zero-order valence-electron chi connectivity index (χ0n) is 24.1. The highest BCUT2D eigenvalue weighted by Gasteiger charge is 2.80. The summed E-state index contributed by atoms with van der Waals surface area (Å²) in [6.45, 7) is 10.1. The van der Waals surface area contributed by atoms with Gasteiger partial charge in [-0.05, 0) is 57.7 Å². The van der Waals surface area contributed by atoms with Crippen molar-refractivity contribution in [1.29, 1.82) is 0 Å². The van der Waals surface area contributed by atoms with Gasteiger partial charge in [0.15, 0.2) is 6.10 Å². The quantitative estimate of drug-likeness (QED) is 0.363. The van der Waals surface area contributed by atoms with Gasteiger partial charge in [-0.2, -0.15) is 0 Å². The van der Waals surface area contributed by atoms with Gasteiger partial charge in [0.2, 0.25) is 0 Å². The number of fused-ring (bicyclic) bond motifs is 1. The molecule has 1 aromatic heterocycles. The maximum absolute atomic E-state index is 13.5. The highest BCUT2D eigenvalue weighted by molar-refractivity contribution is 5.90. The van der Waals surface area contributed by atoms with E-state index in [0.717, 1.165) is 0 Å². The molecule has 2 saturated carbocycles. The third kappa shape index (κ3) is 4.62. The van der Waals surface area contributed by atoms with Crippen LogP contribution >= 0.6 is 0 Å². The van der Waals surface area contributed by atoms with E-state index in [0.29, 0.717) is 5.56 Å². The van der Waals surface area contributed by atoms with Gasteiger partial charge in [0.1, 0.15) is 30.2 Å². The Balaban J connectivity index is 1.66. The van der Waals surface area contributed by atoms with Crippen LogP contribution in [0.5, 0.6) is 0 Å². The predicted molar refractivity (Wildman–Crippen MR) is 143 cm³/mol. The molecule has 2 aromatic rings. The number of furan rings is 1. The fraction of sp³-hybridized carbons (Fsp3) is 0.548. The van der Waals surface area contributed by atoms with Gasteiger partial charge in [0.25, 0.3) is 0 Å². The predicted octanol–water partition coefficient (Wildman–Crippen LogP) is 4.51. The lowest BCUT2D eigenvalue weighted by atomic mass is 9.48. The number of benzene rings is 1. The topological polar surface area (TPSA) is 128 Å². The van der Waals surface area contributed by atoms with Crippen molar-refractivity contribution in [2.45, 2.75) is 90.0 Å². The molecule has 3 aliphatic rings. The van der Waals surface area contributed by atoms with E-state index in [-0.39, 0.29) is 30.2 Å². The van der Waals surface area contributed by atoms with Crippen molar-refractivity contribution in [3.8, 4) is 0 Å². The van der Waals surface area contributed by atoms with Crippen molar-refractivity contribution in [3.63, 3.8) is 0 Å². The van der Waals surface area contributed by atoms with Gasteiger partial charge < -0.3 is 28.1 Å². The molecule has 1 saturated heterocycles. The van der Waals surface area contributed by atoms with Gasteiger partial charge in [-0.1, -0.05) is 25.1 Å². The highest BCUT2D eigenvalue weighted by Crippen LogP contribution is 2.68. The van der Waals surface area contributed by atoms with Crippen LogP contribution in [0.3, 0.4) is 0 Å². The zero-order valence-corrected chi connectivity index (χ0v) is 24.1. The zero-order chi connectivity index (χ0) is 29.7. The Hall–Kier alpha value is -3.66. The van der Waals surface area contributed by atoms with Crippen LogP contribution in [0.2, 0.25) is 0 Å². The Morgan fingerprint density at radius 2 is 1.46 bits per heavy atom. The van der Waals surface area contributed by atoms with Crippen molar-refractivity contribution in [3.05, 3.63) is 60.1 Å². The van der Waals surface area contributed by atoms with E-state index in [1.54, 1.807) is 30.3 Å². The summed E-state index contributed by atoms with van der Waals surface area (Å²) in [6.07, 6.45) is -0.383. The second-order valence-corrected chi connectivity index (χ2v) is 12.0. The van der Waals surface area contributed by atoms with Gasteiger partial charge in [0.05, 0.1) is 28.4 Å². The molecule has 10 heteroatoms. The Morgan fingerprint density at radius 3 is 2.07 bits per heavy atom. The maximum Gasteiger partial charge on any atom is 0.341 e. The molecule has 1 aliphatic heterocycles. The van der Waals surface area contributed by atoms with Crippen LogP contribution in [0.15, 0.2) is 53.3 Å². The summed E-state index contributed by atoms with van der Waals surface area (Å²) in [4.78, 5) is 51.5. The Morgan fingerprint density at radius 1 is 0.805 bits per heavy atom. The molecule has 10 nitrogen and oxygen atoms in total. The summed E-state index contributed by atoms with van der Waals surface area (Å²) >= 11 is 0. The van der Waals surface area contributed by atoms with Gasteiger partial charge in [-0.3, -0.25) is 9.59 Å². The second-order valence-electron chi connectivity index (χ2n) is 12.0. The summed E-state index contributed by atoms with van der Waals surface area (Å²) in [5.74, 6) is -3.05. The SMILES string of the molecule is CC(=O)OC1CC(C)C23OC(C)(C)C(CC(OC(=O)c4ccccc4)C2(C)C1OC(C)=O)C3OC(=O)c1ccoc1. The van der Waals surface area contributed by atoms with Gasteiger partial charge >= 0.3 is 23.9 Å². The summed E-state index contributed by atoms with van der Waals surface area (Å²) < 4.78 is 36.2. The minimum atomic E-state index is -1.30. The fourth-order valence-electron chi connectivity index (χ4n) is 7.51. The van der Waals surface area contributed by atoms with E-state index in [9.17, 15) is 19.2 Å². The smallest absolute Gasteiger partial charge is 0.341 e. The summed E-state index contributed by atoms with van der Waals surface area (Å²) in [6, 6.07) is 10.1. The van der Waals surface area contributed by atoms with Crippen molar-refractivity contribution in [2.24, 2.45) is 17.3 Å². The van der Waals surface area contributed by atoms with Crippen LogP contribution in [-0.2, 0) is 33.3 Å². The number of rotatable bonds is 6. The van der Waals surface area contributed by atoms with E-state index in [1.165, 1.54) is 32.4 Å². The summed E-state index contributed by atoms with van der Waals surface area (Å²) in [7, 11) is 0. The lowest BCUT2D eigenvalue weighted by molar-refractivity contribution is -0.302. The number of hydrogen-bond acceptors (Lipinski definition) is 10. The van der Waals surface area contributed by atoms with Crippen LogP contribution in [0, 0.1) is 17.3 Å². The molecule has 3 fully saturated rings. The highest BCUT2D eigenvalue weighted by atomic mass is 16.6. The van der Waals surface area contributed by atoms with Crippen LogP contribution in [-0.4, -0.2) is 59.5 Å². The van der Waals surface area contributed by atoms with E-state index in [1.807, 2.05) is 27.7 Å². The van der Waals surface area contributed by atoms with Crippen LogP contribution in [0.25, 0.3) is 0 Å². The van der Waals surface area contributed by atoms with E-state index in [4.69, 9.17) is 28.1 Å². The number of ether oxygens (including phenoxy) is 5. The largest absolute Gasteiger partial charge is 0.472 e. The summed E-state index contributed by atoms with van der Waals surface area (Å²) in [5.41, 5.74) is -2.80. The van der Waals surface area contributed by atoms with Crippen molar-refractivity contribution >= 4 is 23.9 Å². The second kappa shape index (κ2) is 10.3. The van der Waals surface area contributed by atoms with Crippen LogP contribution in [0.1, 0.15) is 75.1 Å². The van der Waals surface area contributed by atoms with E-state index in [2.05, 4.69) is 0 Å². The first-order chi connectivity index (χ1) is 19.3. The van der Waals surface area contributed by atoms with E-state index < -0.39 is 64.9 Å². The molecule has 0 radical (unpaired) electrons. The van der Waals surface area contributed by atoms with Crippen molar-refractivity contribution < 1.29 is 47.3 Å². The number of hydrogen-bond donors (Lipinski definition) is 0. The molecule has 2 aliphatic carbocycles. The average molecular weight is 569 g/mol. The number of esters is 4. The summed E-state index contributed by atoms with van der Waals surface area (Å²) in [5, 5.41) is 0. The minimum absolute atomic E-state index is 0.241. The van der Waals surface area contributed by atoms with Gasteiger partial charge in [-0.15, -0.1) is 0 Å². The van der Waals surface area contributed by atoms with Crippen molar-refractivity contribution in [2.75, 3.05) is 0 Å². The first-order valence-electron chi connectivity index (χ1n) is 13.8. The first-order valence-corrected chi connectivity index (χ1v) is 13.8. The minimum Gasteiger partial charge on any atom is -0.472 e. The number of carbonyl (C=O) groups excluding carboxylic acids is 4. The molecule has 220 valence electrons. The molecule has 0 N–H and O–H groups in total. The normalized spacial score (nSPS) is 35.1. The molecule has 2 heterocycles. The molecule has 8 unspecified atom stereocenters. The maximum atomic E-state index is 13.5. The third-order valence-electron chi connectivity index (χ3n) is 9.20. The van der Waals surface area contributed by atoms with Crippen molar-refractivity contribution in [1.82, 2.24) is 0 Å². The molecule has 5 rings (SSSR count). The monoisotopic (exact) mass is 568 g/mol. The molecule has 1 spiro atoms. The molecular weight excluding hydrogens is 532 g/mol. The molecule has 2 bridgehead atoms. The Labute approximate surface area is 238 Å². The molecule has 41 heavy (non-hydrogen) atoms. The molecular formula is C31H36O10. The standard InChI is InChI=1S/C31H36O10/c1-17-14-23(37-18(2)32)26(38-19(3)33)30(6)24(39-27(34)20-10-8-7-9-11-20)15-22-25(31(17,30)41-29(22,4)5)40-28(35)21-12-13-36-16-21/h7-13,16-17,22-26H,14-15H2,1-6H3. The van der Waals surface area contributed by atoms with E-state index >= 15 is 0 Å². The number of carbonyl (C=O) groups is 4. The third-order valence-corrected chi connectivity index (χ3v) is 9.20. The Bertz CT molecular complexity index is 1320. The van der Waals surface area contributed by atoms with Gasteiger partial charge in [-0.25, -0.2) is 9.59 Å². The first kappa shape index (κ1) is 28.9. The van der Waals surface area contributed by atoms with Gasteiger partial charge in [0, 0.05) is 19.8 Å². The fourth-order valence-corrected chi connectivity index (χ4v) is 7.51. The van der Waals surface area contributed by atoms with Crippen LogP contribution in [0.4, 0.5) is 0 Å².